The lowest BCUT2D eigenvalue weighted by atomic mass is 10.2. The van der Waals surface area contributed by atoms with E-state index in [2.05, 4.69) is 11.6 Å². The highest BCUT2D eigenvalue weighted by Gasteiger charge is 2.43. The molecule has 0 heterocycles. The SMILES string of the molecule is FC(F)(F)/C(=C\C(Cl)C(F)(F)F)C(Cl)Cl. The Morgan fingerprint density at radius 2 is 1.33 bits per heavy atom. The van der Waals surface area contributed by atoms with Gasteiger partial charge in [-0.05, 0) is 6.08 Å². The van der Waals surface area contributed by atoms with E-state index in [0.717, 1.165) is 0 Å². The van der Waals surface area contributed by atoms with Crippen LogP contribution in [0.25, 0.3) is 0 Å². The van der Waals surface area contributed by atoms with Crippen LogP contribution in [0.1, 0.15) is 0 Å². The first kappa shape index (κ1) is 15.2. The molecule has 0 bridgehead atoms. The lowest BCUT2D eigenvalue weighted by Gasteiger charge is -2.15. The molecule has 0 saturated heterocycles. The number of alkyl halides is 9. The van der Waals surface area contributed by atoms with Crippen LogP contribution in [0.2, 0.25) is 0 Å². The molecule has 0 aliphatic rings. The molecule has 0 amide bonds. The van der Waals surface area contributed by atoms with E-state index >= 15 is 0 Å². The van der Waals surface area contributed by atoms with Crippen molar-refractivity contribution >= 4 is 34.8 Å². The van der Waals surface area contributed by atoms with Crippen molar-refractivity contribution in [1.82, 2.24) is 0 Å². The fraction of sp³-hybridized carbons (Fsp3) is 0.667. The zero-order valence-corrected chi connectivity index (χ0v) is 8.90. The average molecular weight is 295 g/mol. The standard InChI is InChI=1S/C6H3Cl3F6/c7-3(6(13,14)15)1-2(4(8)9)5(10,11)12/h1,3-4H/b2-1-. The van der Waals surface area contributed by atoms with Gasteiger partial charge in [0.05, 0.1) is 5.57 Å². The summed E-state index contributed by atoms with van der Waals surface area (Å²) in [6.07, 6.45) is -10.3. The first-order chi connectivity index (χ1) is 6.46. The Morgan fingerprint density at radius 1 is 0.933 bits per heavy atom. The maximum atomic E-state index is 12.1. The first-order valence-electron chi connectivity index (χ1n) is 3.24. The van der Waals surface area contributed by atoms with Gasteiger partial charge in [0.1, 0.15) is 10.2 Å². The van der Waals surface area contributed by atoms with Gasteiger partial charge in [-0.1, -0.05) is 0 Å². The smallest absolute Gasteiger partial charge is 0.169 e. The van der Waals surface area contributed by atoms with Crippen molar-refractivity contribution in [2.24, 2.45) is 0 Å². The molecule has 1 unspecified atom stereocenters. The number of hydrogen-bond donors (Lipinski definition) is 0. The lowest BCUT2D eigenvalue weighted by Crippen LogP contribution is -2.25. The van der Waals surface area contributed by atoms with Crippen molar-refractivity contribution in [3.05, 3.63) is 11.6 Å². The summed E-state index contributed by atoms with van der Waals surface area (Å²) < 4.78 is 71.7. The van der Waals surface area contributed by atoms with Gasteiger partial charge >= 0.3 is 12.4 Å². The molecule has 0 aromatic rings. The molecular weight excluding hydrogens is 292 g/mol. The van der Waals surface area contributed by atoms with Crippen LogP contribution in [-0.4, -0.2) is 22.6 Å². The highest BCUT2D eigenvalue weighted by atomic mass is 35.5. The Bertz CT molecular complexity index is 240. The number of hydrogen-bond acceptors (Lipinski definition) is 0. The van der Waals surface area contributed by atoms with Crippen LogP contribution in [0.3, 0.4) is 0 Å². The molecular formula is C6H3Cl3F6. The van der Waals surface area contributed by atoms with Gasteiger partial charge in [-0.2, -0.15) is 26.3 Å². The van der Waals surface area contributed by atoms with Crippen LogP contribution in [0, 0.1) is 0 Å². The number of rotatable bonds is 2. The van der Waals surface area contributed by atoms with Crippen LogP contribution < -0.4 is 0 Å². The Kier molecular flexibility index (Phi) is 5.08. The largest absolute Gasteiger partial charge is 0.415 e. The molecule has 9 heteroatoms. The monoisotopic (exact) mass is 294 g/mol. The molecule has 0 radical (unpaired) electrons. The summed E-state index contributed by atoms with van der Waals surface area (Å²) in [7, 11) is 0. The summed E-state index contributed by atoms with van der Waals surface area (Å²) in [5.74, 6) is 0. The predicted octanol–water partition coefficient (Wildman–Crippen LogP) is 4.45. The van der Waals surface area contributed by atoms with E-state index in [-0.39, 0.29) is 6.08 Å². The van der Waals surface area contributed by atoms with Gasteiger partial charge in [-0.3, -0.25) is 0 Å². The minimum atomic E-state index is -5.05. The van der Waals surface area contributed by atoms with Gasteiger partial charge in [-0.15, -0.1) is 34.8 Å². The van der Waals surface area contributed by atoms with Gasteiger partial charge in [0.2, 0.25) is 0 Å². The second-order valence-electron chi connectivity index (χ2n) is 2.36. The minimum absolute atomic E-state index is 0.258. The summed E-state index contributed by atoms with van der Waals surface area (Å²) in [4.78, 5) is -2.12. The van der Waals surface area contributed by atoms with Crippen molar-refractivity contribution in [3.8, 4) is 0 Å². The Hall–Kier alpha value is 0.190. The molecule has 0 aliphatic heterocycles. The number of halogens is 9. The maximum absolute atomic E-state index is 12.1. The van der Waals surface area contributed by atoms with E-state index in [1.807, 2.05) is 0 Å². The van der Waals surface area contributed by atoms with Gasteiger partial charge in [0, 0.05) is 0 Å². The quantitative estimate of drug-likeness (QED) is 0.401. The Morgan fingerprint density at radius 3 is 1.53 bits per heavy atom. The normalized spacial score (nSPS) is 17.1. The second-order valence-corrected chi connectivity index (χ2v) is 3.93. The third-order valence-electron chi connectivity index (χ3n) is 1.20. The van der Waals surface area contributed by atoms with Crippen molar-refractivity contribution < 1.29 is 26.3 Å². The third-order valence-corrected chi connectivity index (χ3v) is 2.04. The van der Waals surface area contributed by atoms with Crippen LogP contribution in [0.5, 0.6) is 0 Å². The molecule has 0 aromatic carbocycles. The lowest BCUT2D eigenvalue weighted by molar-refractivity contribution is -0.123. The van der Waals surface area contributed by atoms with Gasteiger partial charge < -0.3 is 0 Å². The third kappa shape index (κ3) is 5.17. The molecule has 0 saturated carbocycles. The summed E-state index contributed by atoms with van der Waals surface area (Å²) in [5.41, 5.74) is -1.73. The van der Waals surface area contributed by atoms with E-state index in [9.17, 15) is 26.3 Å². The van der Waals surface area contributed by atoms with E-state index in [1.54, 1.807) is 0 Å². The summed E-state index contributed by atoms with van der Waals surface area (Å²) in [5, 5.41) is -2.78. The van der Waals surface area contributed by atoms with Gasteiger partial charge in [0.15, 0.2) is 0 Å². The van der Waals surface area contributed by atoms with Crippen molar-refractivity contribution in [2.45, 2.75) is 22.6 Å². The van der Waals surface area contributed by atoms with Gasteiger partial charge in [0.25, 0.3) is 0 Å². The van der Waals surface area contributed by atoms with Crippen molar-refractivity contribution in [2.75, 3.05) is 0 Å². The molecule has 0 N–H and O–H groups in total. The zero-order valence-electron chi connectivity index (χ0n) is 6.63. The topological polar surface area (TPSA) is 0 Å². The molecule has 15 heavy (non-hydrogen) atoms. The second kappa shape index (κ2) is 5.01. The van der Waals surface area contributed by atoms with Crippen LogP contribution in [0.4, 0.5) is 26.3 Å². The van der Waals surface area contributed by atoms with Crippen molar-refractivity contribution in [1.29, 1.82) is 0 Å². The highest BCUT2D eigenvalue weighted by Crippen LogP contribution is 2.36. The molecule has 0 aliphatic carbocycles. The number of allylic oxidation sites excluding steroid dienone is 2. The van der Waals surface area contributed by atoms with E-state index in [0.29, 0.717) is 0 Å². The van der Waals surface area contributed by atoms with E-state index in [1.165, 1.54) is 0 Å². The van der Waals surface area contributed by atoms with Crippen LogP contribution in [-0.2, 0) is 0 Å². The predicted molar refractivity (Wildman–Crippen MR) is 45.3 cm³/mol. The Balaban J connectivity index is 5.03. The summed E-state index contributed by atoms with van der Waals surface area (Å²) in [6.45, 7) is 0. The highest BCUT2D eigenvalue weighted by molar-refractivity contribution is 6.46. The molecule has 0 spiro atoms. The fourth-order valence-electron chi connectivity index (χ4n) is 0.543. The van der Waals surface area contributed by atoms with Crippen LogP contribution >= 0.6 is 34.8 Å². The molecule has 90 valence electrons. The molecule has 0 nitrogen and oxygen atoms in total. The van der Waals surface area contributed by atoms with Crippen LogP contribution in [0.15, 0.2) is 11.6 Å². The Labute approximate surface area is 95.8 Å². The van der Waals surface area contributed by atoms with E-state index in [4.69, 9.17) is 23.2 Å². The van der Waals surface area contributed by atoms with Crippen molar-refractivity contribution in [3.63, 3.8) is 0 Å². The molecule has 0 fully saturated rings. The minimum Gasteiger partial charge on any atom is -0.169 e. The average Bonchev–Trinajstić information content (AvgIpc) is 1.94. The molecule has 0 aromatic heterocycles. The van der Waals surface area contributed by atoms with E-state index < -0.39 is 28.1 Å². The zero-order chi connectivity index (χ0) is 12.4. The summed E-state index contributed by atoms with van der Waals surface area (Å²) in [6, 6.07) is 0. The first-order valence-corrected chi connectivity index (χ1v) is 4.55. The van der Waals surface area contributed by atoms with Gasteiger partial charge in [-0.25, -0.2) is 0 Å². The maximum Gasteiger partial charge on any atom is 0.415 e. The fourth-order valence-corrected chi connectivity index (χ4v) is 1.07. The molecule has 1 atom stereocenters. The molecule has 0 rings (SSSR count). The summed E-state index contributed by atoms with van der Waals surface area (Å²) >= 11 is 14.4.